The van der Waals surface area contributed by atoms with Crippen LogP contribution < -0.4 is 0 Å². The van der Waals surface area contributed by atoms with Gasteiger partial charge >= 0.3 is 0 Å². The molecule has 0 spiro atoms. The quantitative estimate of drug-likeness (QED) is 0.837. The average molecular weight is 270 g/mol. The molecule has 0 amide bonds. The van der Waals surface area contributed by atoms with Crippen molar-refractivity contribution in [2.75, 3.05) is 0 Å². The first-order chi connectivity index (χ1) is 7.24. The van der Waals surface area contributed by atoms with E-state index in [1.807, 2.05) is 18.2 Å². The van der Waals surface area contributed by atoms with Crippen molar-refractivity contribution in [3.05, 3.63) is 29.6 Å². The normalized spacial score (nSPS) is 20.1. The molecule has 1 aromatic rings. The fourth-order valence-electron chi connectivity index (χ4n) is 2.21. The summed E-state index contributed by atoms with van der Waals surface area (Å²) < 4.78 is 0. The number of aromatic nitrogens is 1. The molecular weight excluding hydrogens is 254 g/mol. The predicted molar refractivity (Wildman–Crippen MR) is 63.8 cm³/mol. The van der Waals surface area contributed by atoms with E-state index in [-0.39, 0.29) is 0 Å². The van der Waals surface area contributed by atoms with E-state index in [4.69, 9.17) is 0 Å². The van der Waals surface area contributed by atoms with Crippen molar-refractivity contribution in [2.24, 2.45) is 0 Å². The van der Waals surface area contributed by atoms with Crippen LogP contribution in [0.3, 0.4) is 0 Å². The van der Waals surface area contributed by atoms with Crippen LogP contribution in [0.4, 0.5) is 0 Å². The van der Waals surface area contributed by atoms with Gasteiger partial charge in [-0.05, 0) is 25.0 Å². The highest BCUT2D eigenvalue weighted by Crippen LogP contribution is 2.35. The maximum Gasteiger partial charge on any atom is 0.106 e. The Morgan fingerprint density at radius 1 is 1.27 bits per heavy atom. The molecule has 1 N–H and O–H groups in total. The number of aliphatic hydroxyl groups is 1. The Bertz CT molecular complexity index is 334. The largest absolute Gasteiger partial charge is 0.384 e. The van der Waals surface area contributed by atoms with E-state index in [0.29, 0.717) is 0 Å². The maximum atomic E-state index is 10.5. The molecule has 0 unspecified atom stereocenters. The van der Waals surface area contributed by atoms with Crippen molar-refractivity contribution in [3.8, 4) is 0 Å². The van der Waals surface area contributed by atoms with Gasteiger partial charge in [-0.25, -0.2) is 0 Å². The number of halogens is 1. The highest BCUT2D eigenvalue weighted by Gasteiger charge is 2.32. The SMILES string of the molecule is OC1(c2cccc(CBr)n2)CCCCC1. The molecule has 1 saturated carbocycles. The van der Waals surface area contributed by atoms with Gasteiger partial charge in [0.1, 0.15) is 5.60 Å². The molecule has 0 aromatic carbocycles. The van der Waals surface area contributed by atoms with Gasteiger partial charge in [0.05, 0.1) is 11.4 Å². The zero-order chi connectivity index (χ0) is 10.7. The molecule has 1 fully saturated rings. The summed E-state index contributed by atoms with van der Waals surface area (Å²) in [4.78, 5) is 4.49. The molecule has 0 atom stereocenters. The molecule has 0 radical (unpaired) electrons. The van der Waals surface area contributed by atoms with Gasteiger partial charge < -0.3 is 5.11 Å². The van der Waals surface area contributed by atoms with E-state index in [0.717, 1.165) is 42.4 Å². The van der Waals surface area contributed by atoms with Crippen LogP contribution in [0, 0.1) is 0 Å². The van der Waals surface area contributed by atoms with Crippen LogP contribution in [0.25, 0.3) is 0 Å². The Balaban J connectivity index is 2.26. The van der Waals surface area contributed by atoms with Crippen molar-refractivity contribution in [1.82, 2.24) is 4.98 Å². The van der Waals surface area contributed by atoms with Crippen LogP contribution in [0.5, 0.6) is 0 Å². The van der Waals surface area contributed by atoms with E-state index in [1.54, 1.807) is 0 Å². The average Bonchev–Trinajstić information content (AvgIpc) is 2.30. The fourth-order valence-corrected chi connectivity index (χ4v) is 2.52. The third-order valence-corrected chi connectivity index (χ3v) is 3.68. The van der Waals surface area contributed by atoms with Crippen LogP contribution in [-0.2, 0) is 10.9 Å². The molecule has 15 heavy (non-hydrogen) atoms. The van der Waals surface area contributed by atoms with Crippen molar-refractivity contribution in [3.63, 3.8) is 0 Å². The van der Waals surface area contributed by atoms with Gasteiger partial charge in [-0.15, -0.1) is 0 Å². The van der Waals surface area contributed by atoms with E-state index in [2.05, 4.69) is 20.9 Å². The van der Waals surface area contributed by atoms with E-state index in [9.17, 15) is 5.11 Å². The lowest BCUT2D eigenvalue weighted by molar-refractivity contribution is -0.00475. The predicted octanol–water partition coefficient (Wildman–Crippen LogP) is 3.13. The summed E-state index contributed by atoms with van der Waals surface area (Å²) in [5, 5.41) is 11.2. The van der Waals surface area contributed by atoms with E-state index < -0.39 is 5.60 Å². The second-order valence-electron chi connectivity index (χ2n) is 4.24. The van der Waals surface area contributed by atoms with Gasteiger partial charge in [-0.1, -0.05) is 41.3 Å². The van der Waals surface area contributed by atoms with Crippen molar-refractivity contribution in [2.45, 2.75) is 43.0 Å². The summed E-state index contributed by atoms with van der Waals surface area (Å²) in [5.74, 6) is 0. The van der Waals surface area contributed by atoms with Crippen LogP contribution in [-0.4, -0.2) is 10.1 Å². The Morgan fingerprint density at radius 2 is 2.00 bits per heavy atom. The third-order valence-electron chi connectivity index (χ3n) is 3.10. The van der Waals surface area contributed by atoms with Crippen molar-refractivity contribution in [1.29, 1.82) is 0 Å². The minimum Gasteiger partial charge on any atom is -0.384 e. The van der Waals surface area contributed by atoms with Gasteiger partial charge in [0.15, 0.2) is 0 Å². The Morgan fingerprint density at radius 3 is 2.67 bits per heavy atom. The molecule has 2 rings (SSSR count). The summed E-state index contributed by atoms with van der Waals surface area (Å²) in [5.41, 5.74) is 1.17. The number of hydrogen-bond donors (Lipinski definition) is 1. The minimum absolute atomic E-state index is 0.670. The molecule has 1 aliphatic carbocycles. The van der Waals surface area contributed by atoms with Crippen LogP contribution in [0.1, 0.15) is 43.5 Å². The summed E-state index contributed by atoms with van der Waals surface area (Å²) in [6.45, 7) is 0. The Hall–Kier alpha value is -0.410. The lowest BCUT2D eigenvalue weighted by Crippen LogP contribution is -2.29. The summed E-state index contributed by atoms with van der Waals surface area (Å²) >= 11 is 3.39. The van der Waals surface area contributed by atoms with Gasteiger partial charge in [-0.2, -0.15) is 0 Å². The first-order valence-electron chi connectivity index (χ1n) is 5.49. The van der Waals surface area contributed by atoms with Crippen LogP contribution in [0.15, 0.2) is 18.2 Å². The lowest BCUT2D eigenvalue weighted by Gasteiger charge is -2.31. The Kier molecular flexibility index (Phi) is 3.42. The summed E-state index contributed by atoms with van der Waals surface area (Å²) in [7, 11) is 0. The van der Waals surface area contributed by atoms with Crippen molar-refractivity contribution >= 4 is 15.9 Å². The highest BCUT2D eigenvalue weighted by atomic mass is 79.9. The van der Waals surface area contributed by atoms with E-state index in [1.165, 1.54) is 6.42 Å². The minimum atomic E-state index is -0.670. The molecule has 82 valence electrons. The number of rotatable bonds is 2. The summed E-state index contributed by atoms with van der Waals surface area (Å²) in [6, 6.07) is 5.90. The van der Waals surface area contributed by atoms with Crippen molar-refractivity contribution < 1.29 is 5.11 Å². The first-order valence-corrected chi connectivity index (χ1v) is 6.61. The zero-order valence-electron chi connectivity index (χ0n) is 8.75. The summed E-state index contributed by atoms with van der Waals surface area (Å²) in [6.07, 6.45) is 5.16. The molecule has 0 bridgehead atoms. The molecule has 1 heterocycles. The van der Waals surface area contributed by atoms with Gasteiger partial charge in [0.25, 0.3) is 0 Å². The molecule has 1 aromatic heterocycles. The third kappa shape index (κ3) is 2.40. The molecule has 2 nitrogen and oxygen atoms in total. The fraction of sp³-hybridized carbons (Fsp3) is 0.583. The smallest absolute Gasteiger partial charge is 0.106 e. The first kappa shape index (κ1) is 11.1. The monoisotopic (exact) mass is 269 g/mol. The second-order valence-corrected chi connectivity index (χ2v) is 4.80. The van der Waals surface area contributed by atoms with Crippen LogP contribution >= 0.6 is 15.9 Å². The van der Waals surface area contributed by atoms with Crippen LogP contribution in [0.2, 0.25) is 0 Å². The number of hydrogen-bond acceptors (Lipinski definition) is 2. The second kappa shape index (κ2) is 4.62. The van der Waals surface area contributed by atoms with E-state index >= 15 is 0 Å². The molecule has 3 heteroatoms. The maximum absolute atomic E-state index is 10.5. The van der Waals surface area contributed by atoms with Gasteiger partial charge in [-0.3, -0.25) is 4.98 Å². The molecule has 1 aliphatic rings. The molecule has 0 saturated heterocycles. The number of alkyl halides is 1. The molecule has 0 aliphatic heterocycles. The lowest BCUT2D eigenvalue weighted by atomic mass is 9.82. The molecular formula is C12H16BrNO. The zero-order valence-corrected chi connectivity index (χ0v) is 10.3. The van der Waals surface area contributed by atoms with Gasteiger partial charge in [0, 0.05) is 5.33 Å². The Labute approximate surface area is 98.9 Å². The highest BCUT2D eigenvalue weighted by molar-refractivity contribution is 9.08. The topological polar surface area (TPSA) is 33.1 Å². The standard InChI is InChI=1S/C12H16BrNO/c13-9-10-5-4-6-11(14-10)12(15)7-2-1-3-8-12/h4-6,15H,1-3,7-9H2. The number of nitrogens with zero attached hydrogens (tertiary/aromatic N) is 1. The number of pyridine rings is 1. The van der Waals surface area contributed by atoms with Gasteiger partial charge in [0.2, 0.25) is 0 Å².